The first kappa shape index (κ1) is 14.3. The molecule has 1 unspecified atom stereocenters. The molecule has 1 fully saturated rings. The summed E-state index contributed by atoms with van der Waals surface area (Å²) in [4.78, 5) is 22.5. The van der Waals surface area contributed by atoms with E-state index in [-0.39, 0.29) is 12.0 Å². The van der Waals surface area contributed by atoms with E-state index in [1.165, 1.54) is 6.08 Å². The van der Waals surface area contributed by atoms with Crippen molar-refractivity contribution in [2.45, 2.75) is 25.9 Å². The highest BCUT2D eigenvalue weighted by Gasteiger charge is 2.23. The lowest BCUT2D eigenvalue weighted by atomic mass is 10.1. The van der Waals surface area contributed by atoms with Crippen molar-refractivity contribution >= 4 is 23.6 Å². The average molecular weight is 275 g/mol. The Bertz CT molecular complexity index is 545. The maximum atomic E-state index is 12.0. The predicted octanol–water partition coefficient (Wildman–Crippen LogP) is 2.21. The SMILES string of the molecule is Cc1cc(/C=C/C(=O)O)cc(NC(=O)C2CCCO2)c1. The Balaban J connectivity index is 2.11. The molecule has 2 rings (SSSR count). The minimum Gasteiger partial charge on any atom is -0.478 e. The number of nitrogens with one attached hydrogen (secondary N) is 1. The van der Waals surface area contributed by atoms with Crippen LogP contribution in [0, 0.1) is 6.92 Å². The molecule has 2 N–H and O–H groups in total. The number of hydrogen-bond donors (Lipinski definition) is 2. The van der Waals surface area contributed by atoms with Gasteiger partial charge in [0, 0.05) is 18.4 Å². The number of benzene rings is 1. The maximum Gasteiger partial charge on any atom is 0.328 e. The van der Waals surface area contributed by atoms with Crippen LogP contribution in [0.5, 0.6) is 0 Å². The van der Waals surface area contributed by atoms with Gasteiger partial charge in [0.05, 0.1) is 0 Å². The highest BCUT2D eigenvalue weighted by molar-refractivity contribution is 5.95. The number of ether oxygens (including phenoxy) is 1. The second kappa shape index (κ2) is 6.34. The Morgan fingerprint density at radius 3 is 2.85 bits per heavy atom. The van der Waals surface area contributed by atoms with E-state index in [0.29, 0.717) is 12.3 Å². The van der Waals surface area contributed by atoms with Gasteiger partial charge in [-0.05, 0) is 49.1 Å². The highest BCUT2D eigenvalue weighted by atomic mass is 16.5. The molecule has 1 aromatic carbocycles. The molecule has 106 valence electrons. The van der Waals surface area contributed by atoms with Crippen molar-refractivity contribution in [2.75, 3.05) is 11.9 Å². The molecule has 1 aliphatic rings. The Hall–Kier alpha value is -2.14. The molecule has 0 radical (unpaired) electrons. The van der Waals surface area contributed by atoms with Crippen LogP contribution in [-0.2, 0) is 14.3 Å². The van der Waals surface area contributed by atoms with Crippen LogP contribution in [0.15, 0.2) is 24.3 Å². The maximum absolute atomic E-state index is 12.0. The van der Waals surface area contributed by atoms with Crippen molar-refractivity contribution < 1.29 is 19.4 Å². The number of carbonyl (C=O) groups excluding carboxylic acids is 1. The van der Waals surface area contributed by atoms with Crippen LogP contribution in [0.2, 0.25) is 0 Å². The normalized spacial score (nSPS) is 18.4. The Labute approximate surface area is 117 Å². The topological polar surface area (TPSA) is 75.6 Å². The molecular weight excluding hydrogens is 258 g/mol. The molecule has 0 spiro atoms. The lowest BCUT2D eigenvalue weighted by Crippen LogP contribution is -2.26. The van der Waals surface area contributed by atoms with E-state index in [1.807, 2.05) is 19.1 Å². The van der Waals surface area contributed by atoms with Crippen molar-refractivity contribution in [3.05, 3.63) is 35.4 Å². The van der Waals surface area contributed by atoms with Crippen molar-refractivity contribution in [3.63, 3.8) is 0 Å². The van der Waals surface area contributed by atoms with Crippen LogP contribution >= 0.6 is 0 Å². The van der Waals surface area contributed by atoms with Gasteiger partial charge >= 0.3 is 5.97 Å². The third-order valence-corrected chi connectivity index (χ3v) is 3.01. The van der Waals surface area contributed by atoms with Gasteiger partial charge < -0.3 is 15.2 Å². The molecule has 1 amide bonds. The van der Waals surface area contributed by atoms with E-state index in [1.54, 1.807) is 6.07 Å². The molecule has 0 aliphatic carbocycles. The molecule has 0 bridgehead atoms. The Kier molecular flexibility index (Phi) is 4.53. The number of aryl methyl sites for hydroxylation is 1. The number of anilines is 1. The van der Waals surface area contributed by atoms with Gasteiger partial charge in [0.15, 0.2) is 0 Å². The fraction of sp³-hybridized carbons (Fsp3) is 0.333. The van der Waals surface area contributed by atoms with E-state index < -0.39 is 5.97 Å². The largest absolute Gasteiger partial charge is 0.478 e. The van der Waals surface area contributed by atoms with Gasteiger partial charge in [0.25, 0.3) is 5.91 Å². The van der Waals surface area contributed by atoms with Gasteiger partial charge in [-0.2, -0.15) is 0 Å². The summed E-state index contributed by atoms with van der Waals surface area (Å²) < 4.78 is 5.32. The molecular formula is C15H17NO4. The van der Waals surface area contributed by atoms with Gasteiger partial charge in [-0.25, -0.2) is 4.79 Å². The third kappa shape index (κ3) is 3.93. The van der Waals surface area contributed by atoms with Gasteiger partial charge in [-0.1, -0.05) is 6.07 Å². The minimum atomic E-state index is -1.00. The van der Waals surface area contributed by atoms with E-state index in [9.17, 15) is 9.59 Å². The van der Waals surface area contributed by atoms with Gasteiger partial charge in [0.2, 0.25) is 0 Å². The second-order valence-electron chi connectivity index (χ2n) is 4.79. The number of carboxylic acids is 1. The summed E-state index contributed by atoms with van der Waals surface area (Å²) in [6.07, 6.45) is 3.83. The quantitative estimate of drug-likeness (QED) is 0.826. The molecule has 20 heavy (non-hydrogen) atoms. The van der Waals surface area contributed by atoms with E-state index >= 15 is 0 Å². The molecule has 1 aromatic rings. The standard InChI is InChI=1S/C15H17NO4/c1-10-7-11(4-5-14(17)18)9-12(8-10)16-15(19)13-3-2-6-20-13/h4-5,7-9,13H,2-3,6H2,1H3,(H,16,19)(H,17,18)/b5-4+. The molecule has 0 aromatic heterocycles. The number of aliphatic carboxylic acids is 1. The van der Waals surface area contributed by atoms with E-state index in [2.05, 4.69) is 5.32 Å². The summed E-state index contributed by atoms with van der Waals surface area (Å²) in [6, 6.07) is 5.42. The fourth-order valence-corrected chi connectivity index (χ4v) is 2.16. The highest BCUT2D eigenvalue weighted by Crippen LogP contribution is 2.18. The zero-order valence-electron chi connectivity index (χ0n) is 11.3. The Morgan fingerprint density at radius 1 is 1.40 bits per heavy atom. The van der Waals surface area contributed by atoms with Crippen LogP contribution in [0.3, 0.4) is 0 Å². The summed E-state index contributed by atoms with van der Waals surface area (Å²) >= 11 is 0. The van der Waals surface area contributed by atoms with Crippen LogP contribution in [0.1, 0.15) is 24.0 Å². The van der Waals surface area contributed by atoms with Crippen molar-refractivity contribution in [1.29, 1.82) is 0 Å². The first-order valence-electron chi connectivity index (χ1n) is 6.50. The molecule has 5 heteroatoms. The summed E-state index contributed by atoms with van der Waals surface area (Å²) in [5, 5.41) is 11.4. The van der Waals surface area contributed by atoms with Crippen LogP contribution in [0.25, 0.3) is 6.08 Å². The number of carbonyl (C=O) groups is 2. The number of amides is 1. The third-order valence-electron chi connectivity index (χ3n) is 3.01. The molecule has 1 heterocycles. The lowest BCUT2D eigenvalue weighted by molar-refractivity contribution is -0.131. The summed E-state index contributed by atoms with van der Waals surface area (Å²) in [5.41, 5.74) is 2.32. The molecule has 1 aliphatic heterocycles. The van der Waals surface area contributed by atoms with Crippen molar-refractivity contribution in [2.24, 2.45) is 0 Å². The van der Waals surface area contributed by atoms with Gasteiger partial charge in [-0.15, -0.1) is 0 Å². The first-order chi connectivity index (χ1) is 9.54. The average Bonchev–Trinajstić information content (AvgIpc) is 2.89. The first-order valence-corrected chi connectivity index (χ1v) is 6.50. The number of carboxylic acid groups (broad SMARTS) is 1. The summed E-state index contributed by atoms with van der Waals surface area (Å²) in [6.45, 7) is 2.51. The Morgan fingerprint density at radius 2 is 2.20 bits per heavy atom. The number of hydrogen-bond acceptors (Lipinski definition) is 3. The predicted molar refractivity (Wildman–Crippen MR) is 75.5 cm³/mol. The monoisotopic (exact) mass is 275 g/mol. The zero-order chi connectivity index (χ0) is 14.5. The van der Waals surface area contributed by atoms with Gasteiger partial charge in [0.1, 0.15) is 6.10 Å². The molecule has 1 saturated heterocycles. The summed E-state index contributed by atoms with van der Waals surface area (Å²) in [7, 11) is 0. The van der Waals surface area contributed by atoms with Crippen molar-refractivity contribution in [3.8, 4) is 0 Å². The smallest absolute Gasteiger partial charge is 0.328 e. The van der Waals surface area contributed by atoms with Crippen LogP contribution < -0.4 is 5.32 Å². The second-order valence-corrected chi connectivity index (χ2v) is 4.79. The van der Waals surface area contributed by atoms with Crippen LogP contribution in [-0.4, -0.2) is 29.7 Å². The fourth-order valence-electron chi connectivity index (χ4n) is 2.16. The molecule has 1 atom stereocenters. The van der Waals surface area contributed by atoms with Crippen LogP contribution in [0.4, 0.5) is 5.69 Å². The molecule has 5 nitrogen and oxygen atoms in total. The van der Waals surface area contributed by atoms with E-state index in [0.717, 1.165) is 30.0 Å². The number of rotatable bonds is 4. The molecule has 0 saturated carbocycles. The van der Waals surface area contributed by atoms with Gasteiger partial charge in [-0.3, -0.25) is 4.79 Å². The lowest BCUT2D eigenvalue weighted by Gasteiger charge is -2.11. The zero-order valence-corrected chi connectivity index (χ0v) is 11.3. The summed E-state index contributed by atoms with van der Waals surface area (Å²) in [5.74, 6) is -1.15. The minimum absolute atomic E-state index is 0.152. The van der Waals surface area contributed by atoms with E-state index in [4.69, 9.17) is 9.84 Å². The van der Waals surface area contributed by atoms with Crippen molar-refractivity contribution in [1.82, 2.24) is 0 Å².